The highest BCUT2D eigenvalue weighted by Crippen LogP contribution is 2.26. The van der Waals surface area contributed by atoms with Gasteiger partial charge in [0.05, 0.1) is 6.61 Å². The molecule has 4 heteroatoms. The minimum absolute atomic E-state index is 0.0332. The summed E-state index contributed by atoms with van der Waals surface area (Å²) in [7, 11) is 0. The molecular weight excluding hydrogens is 302 g/mol. The molecule has 24 heavy (non-hydrogen) atoms. The monoisotopic (exact) mass is 325 g/mol. The van der Waals surface area contributed by atoms with E-state index in [1.807, 2.05) is 44.2 Å². The summed E-state index contributed by atoms with van der Waals surface area (Å²) in [5.41, 5.74) is 3.64. The first-order valence-corrected chi connectivity index (χ1v) is 8.33. The first-order chi connectivity index (χ1) is 11.6. The quantitative estimate of drug-likeness (QED) is 0.888. The van der Waals surface area contributed by atoms with Crippen molar-refractivity contribution < 1.29 is 14.3 Å². The van der Waals surface area contributed by atoms with Gasteiger partial charge in [-0.1, -0.05) is 29.8 Å². The molecule has 0 bridgehead atoms. The number of nitrogens with one attached hydrogen (secondary N) is 1. The average molecular weight is 325 g/mol. The Balaban J connectivity index is 1.46. The van der Waals surface area contributed by atoms with E-state index in [0.717, 1.165) is 25.2 Å². The largest absolute Gasteiger partial charge is 0.493 e. The first kappa shape index (κ1) is 16.4. The van der Waals surface area contributed by atoms with E-state index in [-0.39, 0.29) is 18.6 Å². The summed E-state index contributed by atoms with van der Waals surface area (Å²) < 4.78 is 11.0. The number of rotatable bonds is 6. The number of amides is 1. The number of carbonyl (C=O) groups excluding carboxylic acids is 1. The Morgan fingerprint density at radius 2 is 2.04 bits per heavy atom. The molecule has 2 aromatic rings. The van der Waals surface area contributed by atoms with Crippen molar-refractivity contribution in [2.75, 3.05) is 13.2 Å². The number of hydrogen-bond donors (Lipinski definition) is 1. The summed E-state index contributed by atoms with van der Waals surface area (Å²) in [6, 6.07) is 14.0. The molecule has 0 spiro atoms. The van der Waals surface area contributed by atoms with Gasteiger partial charge in [-0.3, -0.25) is 4.79 Å². The van der Waals surface area contributed by atoms with E-state index in [1.54, 1.807) is 0 Å². The van der Waals surface area contributed by atoms with Crippen LogP contribution in [0.3, 0.4) is 0 Å². The number of benzene rings is 2. The number of carbonyl (C=O) groups is 1. The van der Waals surface area contributed by atoms with Crippen LogP contribution in [0.1, 0.15) is 23.6 Å². The zero-order valence-electron chi connectivity index (χ0n) is 14.2. The van der Waals surface area contributed by atoms with Crippen LogP contribution in [0.2, 0.25) is 0 Å². The lowest BCUT2D eigenvalue weighted by molar-refractivity contribution is -0.123. The number of fused-ring (bicyclic) bond motifs is 1. The van der Waals surface area contributed by atoms with Gasteiger partial charge in [0.2, 0.25) is 0 Å². The van der Waals surface area contributed by atoms with E-state index < -0.39 is 0 Å². The van der Waals surface area contributed by atoms with E-state index in [2.05, 4.69) is 17.4 Å². The van der Waals surface area contributed by atoms with E-state index in [0.29, 0.717) is 5.75 Å². The maximum Gasteiger partial charge on any atom is 0.258 e. The Labute approximate surface area is 142 Å². The third-order valence-electron chi connectivity index (χ3n) is 4.09. The molecule has 1 unspecified atom stereocenters. The van der Waals surface area contributed by atoms with Gasteiger partial charge < -0.3 is 14.8 Å². The zero-order chi connectivity index (χ0) is 16.9. The molecule has 1 aliphatic heterocycles. The second-order valence-corrected chi connectivity index (χ2v) is 6.31. The molecule has 0 aromatic heterocycles. The zero-order valence-corrected chi connectivity index (χ0v) is 14.2. The van der Waals surface area contributed by atoms with Crippen molar-refractivity contribution in [2.24, 2.45) is 0 Å². The molecular formula is C20H23NO3. The minimum Gasteiger partial charge on any atom is -0.493 e. The van der Waals surface area contributed by atoms with Crippen molar-refractivity contribution in [3.8, 4) is 11.5 Å². The minimum atomic E-state index is -0.104. The van der Waals surface area contributed by atoms with Gasteiger partial charge >= 0.3 is 0 Å². The van der Waals surface area contributed by atoms with Crippen LogP contribution in [0.5, 0.6) is 11.5 Å². The molecule has 1 heterocycles. The van der Waals surface area contributed by atoms with Gasteiger partial charge in [-0.25, -0.2) is 0 Å². The molecule has 4 nitrogen and oxygen atoms in total. The molecule has 0 fully saturated rings. The second-order valence-electron chi connectivity index (χ2n) is 6.31. The van der Waals surface area contributed by atoms with Crippen molar-refractivity contribution >= 4 is 5.91 Å². The number of aryl methyl sites for hydroxylation is 1. The number of hydrogen-bond acceptors (Lipinski definition) is 3. The lowest BCUT2D eigenvalue weighted by Crippen LogP contribution is -2.37. The highest BCUT2D eigenvalue weighted by Gasteiger charge is 2.14. The molecule has 1 N–H and O–H groups in total. The van der Waals surface area contributed by atoms with Gasteiger partial charge in [0.1, 0.15) is 11.5 Å². The first-order valence-electron chi connectivity index (χ1n) is 8.33. The van der Waals surface area contributed by atoms with Crippen molar-refractivity contribution in [1.29, 1.82) is 0 Å². The summed E-state index contributed by atoms with van der Waals surface area (Å²) in [4.78, 5) is 12.0. The van der Waals surface area contributed by atoms with Crippen LogP contribution in [0.25, 0.3) is 0 Å². The fourth-order valence-corrected chi connectivity index (χ4v) is 2.87. The van der Waals surface area contributed by atoms with E-state index in [4.69, 9.17) is 9.47 Å². The topological polar surface area (TPSA) is 47.6 Å². The fourth-order valence-electron chi connectivity index (χ4n) is 2.87. The summed E-state index contributed by atoms with van der Waals surface area (Å²) in [5, 5.41) is 2.98. The molecule has 126 valence electrons. The second kappa shape index (κ2) is 7.39. The maximum atomic E-state index is 12.0. The third-order valence-corrected chi connectivity index (χ3v) is 4.09. The average Bonchev–Trinajstić information content (AvgIpc) is 3.02. The number of ether oxygens (including phenoxy) is 2. The van der Waals surface area contributed by atoms with Gasteiger partial charge in [-0.15, -0.1) is 0 Å². The third kappa shape index (κ3) is 4.28. The molecule has 1 atom stereocenters. The Kier molecular flexibility index (Phi) is 5.04. The van der Waals surface area contributed by atoms with Crippen LogP contribution in [0.15, 0.2) is 42.5 Å². The molecule has 2 aromatic carbocycles. The van der Waals surface area contributed by atoms with Crippen molar-refractivity contribution in [3.63, 3.8) is 0 Å². The van der Waals surface area contributed by atoms with Gasteiger partial charge in [-0.05, 0) is 49.6 Å². The summed E-state index contributed by atoms with van der Waals surface area (Å²) in [6.07, 6.45) is 1.76. The van der Waals surface area contributed by atoms with E-state index in [1.165, 1.54) is 16.7 Å². The standard InChI is InChI=1S/C20H23NO3/c1-14-3-6-18(7-4-14)24-13-20(22)21-15(2)11-16-5-8-19-17(12-16)9-10-23-19/h3-8,12,15H,9-11,13H2,1-2H3,(H,21,22). The van der Waals surface area contributed by atoms with Gasteiger partial charge in [0.15, 0.2) is 6.61 Å². The Bertz CT molecular complexity index is 709. The molecule has 1 aliphatic rings. The lowest BCUT2D eigenvalue weighted by atomic mass is 10.0. The van der Waals surface area contributed by atoms with Crippen molar-refractivity contribution in [1.82, 2.24) is 5.32 Å². The van der Waals surface area contributed by atoms with Gasteiger partial charge in [0.25, 0.3) is 5.91 Å². The Morgan fingerprint density at radius 3 is 2.83 bits per heavy atom. The molecule has 1 amide bonds. The molecule has 3 rings (SSSR count). The van der Waals surface area contributed by atoms with Crippen LogP contribution >= 0.6 is 0 Å². The van der Waals surface area contributed by atoms with Crippen molar-refractivity contribution in [3.05, 3.63) is 59.2 Å². The maximum absolute atomic E-state index is 12.0. The van der Waals surface area contributed by atoms with E-state index in [9.17, 15) is 4.79 Å². The highest BCUT2D eigenvalue weighted by molar-refractivity contribution is 5.77. The molecule has 0 saturated heterocycles. The fraction of sp³-hybridized carbons (Fsp3) is 0.350. The van der Waals surface area contributed by atoms with Gasteiger partial charge in [0, 0.05) is 12.5 Å². The molecule has 0 saturated carbocycles. The van der Waals surface area contributed by atoms with Crippen LogP contribution in [-0.2, 0) is 17.6 Å². The summed E-state index contributed by atoms with van der Waals surface area (Å²) in [6.45, 7) is 4.82. The van der Waals surface area contributed by atoms with E-state index >= 15 is 0 Å². The Morgan fingerprint density at radius 1 is 1.25 bits per heavy atom. The SMILES string of the molecule is Cc1ccc(OCC(=O)NC(C)Cc2ccc3c(c2)CCO3)cc1. The Hall–Kier alpha value is -2.49. The van der Waals surface area contributed by atoms with Crippen molar-refractivity contribution in [2.45, 2.75) is 32.7 Å². The molecule has 0 aliphatic carbocycles. The van der Waals surface area contributed by atoms with Crippen LogP contribution in [0.4, 0.5) is 0 Å². The van der Waals surface area contributed by atoms with Gasteiger partial charge in [-0.2, -0.15) is 0 Å². The normalized spacial score (nSPS) is 13.8. The smallest absolute Gasteiger partial charge is 0.258 e. The summed E-state index contributed by atoms with van der Waals surface area (Å²) in [5.74, 6) is 1.59. The predicted molar refractivity (Wildman–Crippen MR) is 93.6 cm³/mol. The van der Waals surface area contributed by atoms with Crippen LogP contribution in [-0.4, -0.2) is 25.2 Å². The van der Waals surface area contributed by atoms with Crippen LogP contribution < -0.4 is 14.8 Å². The predicted octanol–water partition coefficient (Wildman–Crippen LogP) is 3.06. The molecule has 0 radical (unpaired) electrons. The lowest BCUT2D eigenvalue weighted by Gasteiger charge is -2.15. The van der Waals surface area contributed by atoms with Crippen LogP contribution in [0, 0.1) is 6.92 Å². The summed E-state index contributed by atoms with van der Waals surface area (Å²) >= 11 is 0. The highest BCUT2D eigenvalue weighted by atomic mass is 16.5.